The molecule has 8 nitrogen and oxygen atoms in total. The molecule has 0 saturated heterocycles. The van der Waals surface area contributed by atoms with E-state index < -0.39 is 0 Å². The molecular formula is C30H40N4O4. The van der Waals surface area contributed by atoms with Gasteiger partial charge in [0.1, 0.15) is 11.5 Å². The normalized spacial score (nSPS) is 16.2. The number of para-hydroxylation sites is 2. The average Bonchev–Trinajstić information content (AvgIpc) is 2.94. The summed E-state index contributed by atoms with van der Waals surface area (Å²) in [7, 11) is 3.35. The molecule has 8 heteroatoms. The van der Waals surface area contributed by atoms with Crippen LogP contribution >= 0.6 is 0 Å². The summed E-state index contributed by atoms with van der Waals surface area (Å²) in [5.41, 5.74) is 2.96. The van der Waals surface area contributed by atoms with Crippen molar-refractivity contribution < 1.29 is 19.1 Å². The Morgan fingerprint density at radius 3 is 1.45 bits per heavy atom. The van der Waals surface area contributed by atoms with Gasteiger partial charge in [-0.1, -0.05) is 50.2 Å². The number of likely N-dealkylation sites (N-methyl/N-ethyl adjacent to an activating group) is 2. The maximum atomic E-state index is 12.7. The fourth-order valence-corrected chi connectivity index (χ4v) is 4.49. The number of hydrogen-bond acceptors (Lipinski definition) is 8. The molecule has 0 aromatic heterocycles. The molecular weight excluding hydrogens is 480 g/mol. The third-order valence-electron chi connectivity index (χ3n) is 6.80. The first-order valence-electron chi connectivity index (χ1n) is 13.3. The molecule has 0 N–H and O–H groups in total. The molecule has 1 aliphatic carbocycles. The number of ether oxygens (including phenoxy) is 2. The van der Waals surface area contributed by atoms with E-state index in [1.807, 2.05) is 36.4 Å². The Labute approximate surface area is 226 Å². The van der Waals surface area contributed by atoms with Crippen LogP contribution in [0.1, 0.15) is 37.8 Å². The van der Waals surface area contributed by atoms with E-state index in [0.29, 0.717) is 37.6 Å². The van der Waals surface area contributed by atoms with Gasteiger partial charge in [-0.2, -0.15) is 0 Å². The molecule has 0 radical (unpaired) electrons. The highest BCUT2D eigenvalue weighted by atomic mass is 16.5. The first-order valence-corrected chi connectivity index (χ1v) is 13.3. The first kappa shape index (κ1) is 29.2. The summed E-state index contributed by atoms with van der Waals surface area (Å²) in [6, 6.07) is 15.9. The van der Waals surface area contributed by atoms with Crippen molar-refractivity contribution in [2.45, 2.75) is 39.8 Å². The van der Waals surface area contributed by atoms with Gasteiger partial charge in [0, 0.05) is 37.3 Å². The zero-order valence-electron chi connectivity index (χ0n) is 23.1. The molecule has 2 aromatic rings. The van der Waals surface area contributed by atoms with Crippen molar-refractivity contribution in [1.82, 2.24) is 9.80 Å². The molecule has 0 amide bonds. The monoisotopic (exact) mass is 520 g/mol. The summed E-state index contributed by atoms with van der Waals surface area (Å²) in [4.78, 5) is 38.9. The average molecular weight is 521 g/mol. The van der Waals surface area contributed by atoms with Crippen molar-refractivity contribution in [1.29, 1.82) is 0 Å². The van der Waals surface area contributed by atoms with E-state index in [9.17, 15) is 9.59 Å². The predicted molar refractivity (Wildman–Crippen MR) is 152 cm³/mol. The first-order chi connectivity index (χ1) is 18.5. The summed E-state index contributed by atoms with van der Waals surface area (Å²) >= 11 is 0. The lowest BCUT2D eigenvalue weighted by Crippen LogP contribution is -2.35. The molecule has 38 heavy (non-hydrogen) atoms. The van der Waals surface area contributed by atoms with E-state index in [2.05, 4.69) is 45.8 Å². The highest BCUT2D eigenvalue weighted by molar-refractivity contribution is 6.60. The van der Waals surface area contributed by atoms with E-state index in [0.717, 1.165) is 48.8 Å². The standard InChI is InChI=1S/C30H40N4O4/c1-5-33(21-23-11-7-9-13-29(23)37-3)17-15-31-25-19-28(36)26(20-27(25)35)32-16-18-34(6-2)22-24-12-8-10-14-30(24)38-4/h7-14H,5-6,15-22H2,1-4H3. The van der Waals surface area contributed by atoms with Crippen molar-refractivity contribution in [2.75, 3.05) is 53.5 Å². The third-order valence-corrected chi connectivity index (χ3v) is 6.80. The molecule has 0 heterocycles. The minimum absolute atomic E-state index is 0.0367. The number of nitrogens with zero attached hydrogens (tertiary/aromatic N) is 4. The Morgan fingerprint density at radius 1 is 0.684 bits per heavy atom. The minimum atomic E-state index is -0.0995. The number of aliphatic imine (C=N–C) groups is 2. The fourth-order valence-electron chi connectivity index (χ4n) is 4.49. The zero-order chi connectivity index (χ0) is 27.3. The largest absolute Gasteiger partial charge is 0.496 e. The SMILES string of the molecule is CCN(CCN=C1CC(=O)C(=NCCN(CC)Cc2ccccc2OC)CC1=O)Cc1ccccc1OC. The number of carbonyl (C=O) groups excluding carboxylic acids is 2. The van der Waals surface area contributed by atoms with Crippen LogP contribution in [0.5, 0.6) is 11.5 Å². The highest BCUT2D eigenvalue weighted by Crippen LogP contribution is 2.20. The second kappa shape index (κ2) is 15.1. The van der Waals surface area contributed by atoms with E-state index in [-0.39, 0.29) is 24.4 Å². The molecule has 1 aliphatic rings. The molecule has 3 rings (SSSR count). The Kier molecular flexibility index (Phi) is 11.6. The number of methoxy groups -OCH3 is 2. The zero-order valence-corrected chi connectivity index (χ0v) is 23.1. The molecule has 0 unspecified atom stereocenters. The summed E-state index contributed by atoms with van der Waals surface area (Å²) in [6.45, 7) is 9.68. The molecule has 1 saturated carbocycles. The number of ketones is 2. The van der Waals surface area contributed by atoms with Gasteiger partial charge < -0.3 is 9.47 Å². The summed E-state index contributed by atoms with van der Waals surface area (Å²) in [5.74, 6) is 1.52. The molecule has 0 aliphatic heterocycles. The van der Waals surface area contributed by atoms with Crippen molar-refractivity contribution in [3.8, 4) is 11.5 Å². The Hall–Kier alpha value is -3.36. The van der Waals surface area contributed by atoms with Crippen molar-refractivity contribution >= 4 is 23.0 Å². The molecule has 2 aromatic carbocycles. The van der Waals surface area contributed by atoms with Gasteiger partial charge in [0.25, 0.3) is 0 Å². The third kappa shape index (κ3) is 8.33. The quantitative estimate of drug-likeness (QED) is 0.376. The van der Waals surface area contributed by atoms with Gasteiger partial charge in [-0.05, 0) is 25.2 Å². The van der Waals surface area contributed by atoms with Crippen LogP contribution in [0.4, 0.5) is 0 Å². The van der Waals surface area contributed by atoms with Crippen LogP contribution in [0.25, 0.3) is 0 Å². The second-order valence-electron chi connectivity index (χ2n) is 9.22. The molecule has 0 spiro atoms. The number of hydrogen-bond donors (Lipinski definition) is 0. The van der Waals surface area contributed by atoms with E-state index >= 15 is 0 Å². The Balaban J connectivity index is 1.50. The van der Waals surface area contributed by atoms with Gasteiger partial charge >= 0.3 is 0 Å². The smallest absolute Gasteiger partial charge is 0.183 e. The van der Waals surface area contributed by atoms with Crippen molar-refractivity contribution in [2.24, 2.45) is 9.98 Å². The van der Waals surface area contributed by atoms with Gasteiger partial charge in [0.05, 0.1) is 51.6 Å². The van der Waals surface area contributed by atoms with Crippen LogP contribution in [-0.2, 0) is 22.7 Å². The summed E-state index contributed by atoms with van der Waals surface area (Å²) < 4.78 is 10.9. The number of benzene rings is 2. The lowest BCUT2D eigenvalue weighted by atomic mass is 9.93. The van der Waals surface area contributed by atoms with E-state index in [4.69, 9.17) is 9.47 Å². The minimum Gasteiger partial charge on any atom is -0.496 e. The summed E-state index contributed by atoms with van der Waals surface area (Å²) in [5, 5.41) is 0. The van der Waals surface area contributed by atoms with Crippen LogP contribution in [0, 0.1) is 0 Å². The topological polar surface area (TPSA) is 83.8 Å². The molecule has 1 fully saturated rings. The number of rotatable bonds is 14. The van der Waals surface area contributed by atoms with Crippen molar-refractivity contribution in [3.63, 3.8) is 0 Å². The Morgan fingerprint density at radius 2 is 1.08 bits per heavy atom. The highest BCUT2D eigenvalue weighted by Gasteiger charge is 2.28. The second-order valence-corrected chi connectivity index (χ2v) is 9.22. The lowest BCUT2D eigenvalue weighted by molar-refractivity contribution is -0.116. The Bertz CT molecular complexity index is 1060. The molecule has 204 valence electrons. The van der Waals surface area contributed by atoms with Gasteiger partial charge in [0.2, 0.25) is 0 Å². The van der Waals surface area contributed by atoms with Crippen LogP contribution in [0.15, 0.2) is 58.5 Å². The van der Waals surface area contributed by atoms with E-state index in [1.165, 1.54) is 0 Å². The van der Waals surface area contributed by atoms with E-state index in [1.54, 1.807) is 14.2 Å². The van der Waals surface area contributed by atoms with Crippen LogP contribution in [-0.4, -0.2) is 86.3 Å². The fraction of sp³-hybridized carbons (Fsp3) is 0.467. The van der Waals surface area contributed by atoms with Crippen LogP contribution in [0.3, 0.4) is 0 Å². The lowest BCUT2D eigenvalue weighted by Gasteiger charge is -2.22. The van der Waals surface area contributed by atoms with Crippen LogP contribution < -0.4 is 9.47 Å². The van der Waals surface area contributed by atoms with Gasteiger partial charge in [-0.25, -0.2) is 0 Å². The van der Waals surface area contributed by atoms with Gasteiger partial charge in [0.15, 0.2) is 11.6 Å². The van der Waals surface area contributed by atoms with Crippen molar-refractivity contribution in [3.05, 3.63) is 59.7 Å². The maximum Gasteiger partial charge on any atom is 0.183 e. The van der Waals surface area contributed by atoms with Gasteiger partial charge in [-0.15, -0.1) is 0 Å². The maximum absolute atomic E-state index is 12.7. The molecule has 0 bridgehead atoms. The number of carbonyl (C=O) groups is 2. The molecule has 0 atom stereocenters. The predicted octanol–water partition coefficient (Wildman–Crippen LogP) is 3.86. The summed E-state index contributed by atoms with van der Waals surface area (Å²) in [6.07, 6.45) is 0.0734. The van der Waals surface area contributed by atoms with Crippen LogP contribution in [0.2, 0.25) is 0 Å². The van der Waals surface area contributed by atoms with Gasteiger partial charge in [-0.3, -0.25) is 29.4 Å². The number of Topliss-reactive ketones (excluding diaryl/α,β-unsaturated/α-hetero) is 2.